The number of ketones is 1. The highest BCUT2D eigenvalue weighted by atomic mass is 19.1. The lowest BCUT2D eigenvalue weighted by Gasteiger charge is -2.23. The van der Waals surface area contributed by atoms with Crippen molar-refractivity contribution in [1.29, 1.82) is 0 Å². The van der Waals surface area contributed by atoms with E-state index in [1.54, 1.807) is 12.1 Å². The summed E-state index contributed by atoms with van der Waals surface area (Å²) < 4.78 is 13.0. The predicted molar refractivity (Wildman–Crippen MR) is 100.0 cm³/mol. The average molecular weight is 338 g/mol. The molecule has 0 aliphatic rings. The predicted octanol–water partition coefficient (Wildman–Crippen LogP) is 3.14. The van der Waals surface area contributed by atoms with E-state index in [0.717, 1.165) is 16.8 Å². The Labute approximate surface area is 149 Å². The highest BCUT2D eigenvalue weighted by Crippen LogP contribution is 2.18. The molecule has 2 rings (SSSR count). The first-order valence-corrected chi connectivity index (χ1v) is 8.16. The number of hydrogen-bond donors (Lipinski definition) is 0. The number of Topliss-reactive ketones (excluding diaryl/α,β-unsaturated/α-hetero) is 1. The normalized spacial score (nSPS) is 10.5. The summed E-state index contributed by atoms with van der Waals surface area (Å²) in [5.41, 5.74) is 2.95. The van der Waals surface area contributed by atoms with Gasteiger partial charge in [0, 0.05) is 18.7 Å². The van der Waals surface area contributed by atoms with Crippen molar-refractivity contribution < 1.29 is 9.18 Å². The van der Waals surface area contributed by atoms with Crippen molar-refractivity contribution in [2.45, 2.75) is 13.0 Å². The standard InChI is InChI=1S/C21H23FN2O/c1-4-13-24(15-18-5-9-19(22)10-6-18)20-11-7-17(8-12-20)14-21(25)16-23(2)3/h1,5-12H,13-16H2,2-3H3. The van der Waals surface area contributed by atoms with Crippen LogP contribution in [0.15, 0.2) is 48.5 Å². The maximum absolute atomic E-state index is 13.0. The van der Waals surface area contributed by atoms with E-state index < -0.39 is 0 Å². The van der Waals surface area contributed by atoms with Gasteiger partial charge in [-0.3, -0.25) is 4.79 Å². The van der Waals surface area contributed by atoms with Crippen molar-refractivity contribution >= 4 is 11.5 Å². The van der Waals surface area contributed by atoms with Crippen LogP contribution in [-0.2, 0) is 17.8 Å². The molecule has 0 N–H and O–H groups in total. The lowest BCUT2D eigenvalue weighted by atomic mass is 10.1. The molecule has 0 bridgehead atoms. The van der Waals surface area contributed by atoms with Crippen LogP contribution in [0.25, 0.3) is 0 Å². The number of anilines is 1. The molecule has 3 nitrogen and oxygen atoms in total. The van der Waals surface area contributed by atoms with Crippen LogP contribution in [0.2, 0.25) is 0 Å². The van der Waals surface area contributed by atoms with Gasteiger partial charge in [-0.25, -0.2) is 4.39 Å². The molecule has 0 atom stereocenters. The van der Waals surface area contributed by atoms with Crippen LogP contribution in [0.4, 0.5) is 10.1 Å². The summed E-state index contributed by atoms with van der Waals surface area (Å²) >= 11 is 0. The van der Waals surface area contributed by atoms with Gasteiger partial charge in [0.1, 0.15) is 5.82 Å². The third-order valence-corrected chi connectivity index (χ3v) is 3.76. The maximum Gasteiger partial charge on any atom is 0.151 e. The van der Waals surface area contributed by atoms with Crippen molar-refractivity contribution in [3.8, 4) is 12.3 Å². The van der Waals surface area contributed by atoms with Crippen LogP contribution in [-0.4, -0.2) is 37.9 Å². The summed E-state index contributed by atoms with van der Waals surface area (Å²) in [5.74, 6) is 2.59. The summed E-state index contributed by atoms with van der Waals surface area (Å²) in [4.78, 5) is 15.8. The van der Waals surface area contributed by atoms with Gasteiger partial charge in [-0.15, -0.1) is 6.42 Å². The minimum absolute atomic E-state index is 0.185. The first-order chi connectivity index (χ1) is 12.0. The SMILES string of the molecule is C#CCN(Cc1ccc(F)cc1)c1ccc(CC(=O)CN(C)C)cc1. The molecule has 0 unspecified atom stereocenters. The number of nitrogens with zero attached hydrogens (tertiary/aromatic N) is 2. The quantitative estimate of drug-likeness (QED) is 0.691. The Hall–Kier alpha value is -2.64. The third kappa shape index (κ3) is 6.06. The van der Waals surface area contributed by atoms with Crippen LogP contribution in [0.3, 0.4) is 0 Å². The topological polar surface area (TPSA) is 23.6 Å². The fraction of sp³-hybridized carbons (Fsp3) is 0.286. The Balaban J connectivity index is 2.07. The molecule has 0 radical (unpaired) electrons. The Morgan fingerprint density at radius 1 is 1.04 bits per heavy atom. The lowest BCUT2D eigenvalue weighted by molar-refractivity contribution is -0.119. The number of carbonyl (C=O) groups excluding carboxylic acids is 1. The summed E-state index contributed by atoms with van der Waals surface area (Å²) in [6.07, 6.45) is 5.91. The first-order valence-electron chi connectivity index (χ1n) is 8.16. The van der Waals surface area contributed by atoms with Gasteiger partial charge < -0.3 is 9.80 Å². The van der Waals surface area contributed by atoms with E-state index in [9.17, 15) is 9.18 Å². The molecule has 25 heavy (non-hydrogen) atoms. The van der Waals surface area contributed by atoms with Crippen molar-refractivity contribution in [2.24, 2.45) is 0 Å². The van der Waals surface area contributed by atoms with Gasteiger partial charge in [-0.05, 0) is 49.5 Å². The third-order valence-electron chi connectivity index (χ3n) is 3.76. The zero-order valence-electron chi connectivity index (χ0n) is 14.7. The summed E-state index contributed by atoms with van der Waals surface area (Å²) in [7, 11) is 3.77. The number of carbonyl (C=O) groups is 1. The average Bonchev–Trinajstić information content (AvgIpc) is 2.56. The van der Waals surface area contributed by atoms with E-state index >= 15 is 0 Å². The Bertz CT molecular complexity index is 730. The van der Waals surface area contributed by atoms with Gasteiger partial charge >= 0.3 is 0 Å². The molecule has 4 heteroatoms. The molecule has 0 aliphatic carbocycles. The zero-order valence-corrected chi connectivity index (χ0v) is 14.7. The monoisotopic (exact) mass is 338 g/mol. The first kappa shape index (κ1) is 18.7. The molecule has 130 valence electrons. The number of terminal acetylenes is 1. The van der Waals surface area contributed by atoms with Crippen molar-refractivity contribution in [2.75, 3.05) is 32.1 Å². The summed E-state index contributed by atoms with van der Waals surface area (Å²) in [5, 5.41) is 0. The Kier molecular flexibility index (Phi) is 6.73. The highest BCUT2D eigenvalue weighted by molar-refractivity contribution is 5.82. The Morgan fingerprint density at radius 3 is 2.20 bits per heavy atom. The van der Waals surface area contributed by atoms with Crippen molar-refractivity contribution in [1.82, 2.24) is 4.90 Å². The maximum atomic E-state index is 13.0. The second-order valence-corrected chi connectivity index (χ2v) is 6.31. The fourth-order valence-electron chi connectivity index (χ4n) is 2.62. The van der Waals surface area contributed by atoms with Crippen LogP contribution >= 0.6 is 0 Å². The van der Waals surface area contributed by atoms with Gasteiger partial charge in [0.15, 0.2) is 5.78 Å². The van der Waals surface area contributed by atoms with E-state index in [0.29, 0.717) is 26.1 Å². The van der Waals surface area contributed by atoms with Gasteiger partial charge in [-0.2, -0.15) is 0 Å². The summed E-state index contributed by atoms with van der Waals surface area (Å²) in [6.45, 7) is 1.50. The molecule has 0 saturated heterocycles. The molecular formula is C21H23FN2O. The molecule has 0 heterocycles. The van der Waals surface area contributed by atoms with E-state index in [-0.39, 0.29) is 11.6 Å². The zero-order chi connectivity index (χ0) is 18.2. The van der Waals surface area contributed by atoms with Gasteiger partial charge in [-0.1, -0.05) is 30.2 Å². The van der Waals surface area contributed by atoms with Crippen LogP contribution in [0.5, 0.6) is 0 Å². The lowest BCUT2D eigenvalue weighted by Crippen LogP contribution is -2.23. The van der Waals surface area contributed by atoms with Gasteiger partial charge in [0.2, 0.25) is 0 Å². The molecular weight excluding hydrogens is 315 g/mol. The highest BCUT2D eigenvalue weighted by Gasteiger charge is 2.09. The van der Waals surface area contributed by atoms with Gasteiger partial charge in [0.05, 0.1) is 13.1 Å². The molecule has 2 aromatic rings. The molecule has 0 aliphatic heterocycles. The van der Waals surface area contributed by atoms with E-state index in [4.69, 9.17) is 6.42 Å². The molecule has 0 aromatic heterocycles. The van der Waals surface area contributed by atoms with Crippen molar-refractivity contribution in [3.05, 3.63) is 65.5 Å². The number of halogens is 1. The van der Waals surface area contributed by atoms with Crippen LogP contribution in [0, 0.1) is 18.2 Å². The number of hydrogen-bond acceptors (Lipinski definition) is 3. The Morgan fingerprint density at radius 2 is 1.64 bits per heavy atom. The molecule has 0 spiro atoms. The van der Waals surface area contributed by atoms with Crippen molar-refractivity contribution in [3.63, 3.8) is 0 Å². The molecule has 0 amide bonds. The fourth-order valence-corrected chi connectivity index (χ4v) is 2.62. The number of likely N-dealkylation sites (N-methyl/N-ethyl adjacent to an activating group) is 1. The second kappa shape index (κ2) is 9.00. The number of benzene rings is 2. The minimum Gasteiger partial charge on any atom is -0.356 e. The second-order valence-electron chi connectivity index (χ2n) is 6.31. The summed E-state index contributed by atoms with van der Waals surface area (Å²) in [6, 6.07) is 14.3. The smallest absolute Gasteiger partial charge is 0.151 e. The van der Waals surface area contributed by atoms with Gasteiger partial charge in [0.25, 0.3) is 0 Å². The molecule has 2 aromatic carbocycles. The number of rotatable bonds is 8. The van der Waals surface area contributed by atoms with E-state index in [2.05, 4.69) is 5.92 Å². The van der Waals surface area contributed by atoms with E-state index in [1.807, 2.05) is 48.2 Å². The molecule has 0 saturated carbocycles. The van der Waals surface area contributed by atoms with Crippen LogP contribution in [0.1, 0.15) is 11.1 Å². The molecule has 0 fully saturated rings. The van der Waals surface area contributed by atoms with E-state index in [1.165, 1.54) is 12.1 Å². The minimum atomic E-state index is -0.251. The largest absolute Gasteiger partial charge is 0.356 e. The van der Waals surface area contributed by atoms with Crippen LogP contribution < -0.4 is 4.90 Å².